The smallest absolute Gasteiger partial charge is 0.305 e. The van der Waals surface area contributed by atoms with Gasteiger partial charge in [0.15, 0.2) is 11.5 Å². The molecule has 0 spiro atoms. The van der Waals surface area contributed by atoms with Crippen LogP contribution in [0.15, 0.2) is 28.0 Å². The molecule has 3 heterocycles. The number of imide groups is 1. The number of aromatic amines is 1. The van der Waals surface area contributed by atoms with E-state index in [0.717, 1.165) is 21.9 Å². The van der Waals surface area contributed by atoms with Crippen molar-refractivity contribution in [3.8, 4) is 11.5 Å². The summed E-state index contributed by atoms with van der Waals surface area (Å²) in [7, 11) is 0. The summed E-state index contributed by atoms with van der Waals surface area (Å²) in [6.07, 6.45) is 0.946. The molecule has 1 aromatic heterocycles. The van der Waals surface area contributed by atoms with Gasteiger partial charge in [0, 0.05) is 29.0 Å². The van der Waals surface area contributed by atoms with Crippen molar-refractivity contribution in [1.29, 1.82) is 0 Å². The molecule has 2 amide bonds. The zero-order valence-corrected chi connectivity index (χ0v) is 21.1. The third kappa shape index (κ3) is 3.42. The van der Waals surface area contributed by atoms with Crippen molar-refractivity contribution in [2.75, 3.05) is 13.2 Å². The Bertz CT molecular complexity index is 1320. The second kappa shape index (κ2) is 8.65. The first kappa shape index (κ1) is 23.6. The molecule has 1 aromatic carbocycles. The maximum atomic E-state index is 13.5. The van der Waals surface area contributed by atoms with Crippen molar-refractivity contribution >= 4 is 40.9 Å². The number of carboxylic acids is 1. The molecule has 9 nitrogen and oxygen atoms in total. The van der Waals surface area contributed by atoms with Gasteiger partial charge in [-0.05, 0) is 55.2 Å². The quantitative estimate of drug-likeness (QED) is 0.465. The molecule has 0 unspecified atom stereocenters. The lowest BCUT2D eigenvalue weighted by atomic mass is 9.68. The second-order valence-electron chi connectivity index (χ2n) is 9.95. The number of aliphatic carboxylic acids is 1. The minimum absolute atomic E-state index is 0.0125. The molecule has 36 heavy (non-hydrogen) atoms. The van der Waals surface area contributed by atoms with Crippen molar-refractivity contribution in [2.45, 2.75) is 42.4 Å². The predicted octanol–water partition coefficient (Wildman–Crippen LogP) is 2.88. The number of H-pyrrole nitrogens is 1. The molecular formula is C25H26N2O7S2. The number of thiazole rings is 1. The largest absolute Gasteiger partial charge is 0.504 e. The average Bonchev–Trinajstić information content (AvgIpc) is 3.56. The highest BCUT2D eigenvalue weighted by atomic mass is 32.2. The van der Waals surface area contributed by atoms with Crippen LogP contribution >= 0.6 is 23.1 Å². The number of phenols is 1. The van der Waals surface area contributed by atoms with E-state index in [1.165, 1.54) is 16.2 Å². The number of fused-ring (bicyclic) bond motifs is 9. The molecule has 7 atom stereocenters. The third-order valence-corrected chi connectivity index (χ3v) is 10.8. The number of nitrogens with one attached hydrogen (secondary N) is 1. The van der Waals surface area contributed by atoms with E-state index in [4.69, 9.17) is 9.84 Å². The fourth-order valence-electron chi connectivity index (χ4n) is 7.06. The van der Waals surface area contributed by atoms with E-state index in [2.05, 4.69) is 4.98 Å². The van der Waals surface area contributed by atoms with Gasteiger partial charge in [0.25, 0.3) is 0 Å². The van der Waals surface area contributed by atoms with Crippen LogP contribution in [0.1, 0.15) is 42.5 Å². The van der Waals surface area contributed by atoms with Crippen LogP contribution in [0.4, 0.5) is 0 Å². The van der Waals surface area contributed by atoms with Gasteiger partial charge in [-0.2, -0.15) is 0 Å². The summed E-state index contributed by atoms with van der Waals surface area (Å²) in [4.78, 5) is 55.2. The SMILES string of the molecule is CCOc1cc([C@H]2c3sc(=O)[nH]c3S[C@@H]3[C@@H]4C[C@H]([C@H]5C(=O)N(CCCC(=O)O)C(=O)[C@H]45)[C@@H]23)ccc1O. The highest BCUT2D eigenvalue weighted by molar-refractivity contribution is 8.00. The second-order valence-corrected chi connectivity index (χ2v) is 12.1. The highest BCUT2D eigenvalue weighted by Crippen LogP contribution is 2.68. The number of nitrogens with zero attached hydrogens (tertiary/aromatic N) is 1. The molecule has 2 aliphatic carbocycles. The lowest BCUT2D eigenvalue weighted by molar-refractivity contribution is -0.142. The summed E-state index contributed by atoms with van der Waals surface area (Å²) in [6, 6.07) is 5.29. The molecule has 3 fully saturated rings. The number of aromatic nitrogens is 1. The Labute approximate surface area is 214 Å². The summed E-state index contributed by atoms with van der Waals surface area (Å²) < 4.78 is 5.63. The Kier molecular flexibility index (Phi) is 5.67. The lowest BCUT2D eigenvalue weighted by Gasteiger charge is -2.43. The van der Waals surface area contributed by atoms with Crippen LogP contribution in [0.2, 0.25) is 0 Å². The van der Waals surface area contributed by atoms with Gasteiger partial charge in [0.1, 0.15) is 0 Å². The maximum Gasteiger partial charge on any atom is 0.305 e. The van der Waals surface area contributed by atoms with Crippen LogP contribution in [-0.4, -0.2) is 56.3 Å². The number of carboxylic acid groups (broad SMARTS) is 1. The molecule has 3 N–H and O–H groups in total. The molecule has 2 aromatic rings. The van der Waals surface area contributed by atoms with Gasteiger partial charge in [-0.15, -0.1) is 11.8 Å². The molecule has 1 saturated heterocycles. The maximum absolute atomic E-state index is 13.5. The summed E-state index contributed by atoms with van der Waals surface area (Å²) in [6.45, 7) is 2.38. The normalized spacial score (nSPS) is 31.9. The van der Waals surface area contributed by atoms with E-state index in [1.807, 2.05) is 19.1 Å². The minimum atomic E-state index is -0.944. The number of ether oxygens (including phenoxy) is 1. The van der Waals surface area contributed by atoms with Crippen LogP contribution in [0.5, 0.6) is 11.5 Å². The van der Waals surface area contributed by atoms with Gasteiger partial charge in [-0.25, -0.2) is 0 Å². The standard InChI is InChI=1S/C25H26N2O7S2/c1-2-34-14-8-10(5-6-13(14)28)16-17-11-9-12(20(17)35-22-21(16)36-25(33)26-22)19-18(11)23(31)27(24(19)32)7-3-4-15(29)30/h5-6,8,11-12,16-20,28H,2-4,7,9H2,1H3,(H,26,33)(H,29,30)/t11-,12+,16+,17-,18+,19+,20+/m0/s1. The zero-order valence-electron chi connectivity index (χ0n) is 19.5. The monoisotopic (exact) mass is 530 g/mol. The number of hydrogen-bond donors (Lipinski definition) is 3. The Hall–Kier alpha value is -2.79. The predicted molar refractivity (Wildman–Crippen MR) is 131 cm³/mol. The van der Waals surface area contributed by atoms with Crippen molar-refractivity contribution in [3.63, 3.8) is 0 Å². The van der Waals surface area contributed by atoms with E-state index in [1.54, 1.807) is 17.8 Å². The first-order chi connectivity index (χ1) is 17.3. The van der Waals surface area contributed by atoms with Crippen molar-refractivity contribution in [1.82, 2.24) is 9.88 Å². The molecule has 4 aliphatic rings. The molecular weight excluding hydrogens is 504 g/mol. The summed E-state index contributed by atoms with van der Waals surface area (Å²) >= 11 is 2.80. The highest BCUT2D eigenvalue weighted by Gasteiger charge is 2.69. The van der Waals surface area contributed by atoms with Crippen molar-refractivity contribution in [2.24, 2.45) is 29.6 Å². The number of hydrogen-bond acceptors (Lipinski definition) is 8. The van der Waals surface area contributed by atoms with Crippen LogP contribution in [0.25, 0.3) is 0 Å². The minimum Gasteiger partial charge on any atom is -0.504 e. The zero-order chi connectivity index (χ0) is 25.3. The van der Waals surface area contributed by atoms with Gasteiger partial charge in [-0.1, -0.05) is 17.4 Å². The number of carbonyl (C=O) groups is 3. The fraction of sp³-hybridized carbons (Fsp3) is 0.520. The Morgan fingerprint density at radius 3 is 2.67 bits per heavy atom. The summed E-state index contributed by atoms with van der Waals surface area (Å²) in [5, 5.41) is 20.1. The van der Waals surface area contributed by atoms with E-state index >= 15 is 0 Å². The number of rotatable bonds is 7. The van der Waals surface area contributed by atoms with Gasteiger partial charge < -0.3 is 19.9 Å². The number of benzene rings is 1. The van der Waals surface area contributed by atoms with E-state index in [0.29, 0.717) is 12.4 Å². The first-order valence-corrected chi connectivity index (χ1v) is 13.9. The summed E-state index contributed by atoms with van der Waals surface area (Å²) in [5.41, 5.74) is 0.919. The number of carbonyl (C=O) groups excluding carboxylic acids is 2. The van der Waals surface area contributed by atoms with E-state index in [9.17, 15) is 24.3 Å². The number of aromatic hydroxyl groups is 1. The summed E-state index contributed by atoms with van der Waals surface area (Å²) in [5.74, 6) is -1.77. The van der Waals surface area contributed by atoms with Gasteiger partial charge >= 0.3 is 10.8 Å². The number of thioether (sulfide) groups is 1. The van der Waals surface area contributed by atoms with E-state index < -0.39 is 11.9 Å². The van der Waals surface area contributed by atoms with Crippen LogP contribution < -0.4 is 9.61 Å². The molecule has 190 valence electrons. The Morgan fingerprint density at radius 1 is 1.19 bits per heavy atom. The van der Waals surface area contributed by atoms with Crippen molar-refractivity contribution < 1.29 is 29.3 Å². The number of amides is 2. The van der Waals surface area contributed by atoms with Crippen LogP contribution in [0, 0.1) is 29.6 Å². The Morgan fingerprint density at radius 2 is 1.94 bits per heavy atom. The molecule has 2 saturated carbocycles. The van der Waals surface area contributed by atoms with E-state index in [-0.39, 0.29) is 76.7 Å². The lowest BCUT2D eigenvalue weighted by Crippen LogP contribution is -2.42. The topological polar surface area (TPSA) is 137 Å². The molecule has 2 bridgehead atoms. The van der Waals surface area contributed by atoms with Crippen LogP contribution in [-0.2, 0) is 14.4 Å². The first-order valence-electron chi connectivity index (χ1n) is 12.2. The third-order valence-electron chi connectivity index (χ3n) is 8.23. The van der Waals surface area contributed by atoms with Gasteiger partial charge in [-0.3, -0.25) is 24.1 Å². The van der Waals surface area contributed by atoms with Gasteiger partial charge in [0.05, 0.1) is 23.5 Å². The number of likely N-dealkylation sites (tertiary alicyclic amines) is 1. The van der Waals surface area contributed by atoms with Gasteiger partial charge in [0.2, 0.25) is 11.8 Å². The van der Waals surface area contributed by atoms with Crippen molar-refractivity contribution in [3.05, 3.63) is 38.3 Å². The average molecular weight is 531 g/mol. The number of phenolic OH excluding ortho intramolecular Hbond substituents is 1. The molecule has 11 heteroatoms. The molecule has 2 aliphatic heterocycles. The molecule has 6 rings (SSSR count). The Balaban J connectivity index is 1.38. The molecule has 0 radical (unpaired) electrons. The van der Waals surface area contributed by atoms with Crippen LogP contribution in [0.3, 0.4) is 0 Å². The fourth-order valence-corrected chi connectivity index (χ4v) is 9.94.